The number of aliphatic hydroxyl groups is 2. The summed E-state index contributed by atoms with van der Waals surface area (Å²) in [4.78, 5) is 12.8. The third-order valence-corrected chi connectivity index (χ3v) is 4.29. The van der Waals surface area contributed by atoms with Gasteiger partial charge in [-0.3, -0.25) is 10.1 Å². The molecule has 0 amide bonds. The summed E-state index contributed by atoms with van der Waals surface area (Å²) in [5, 5.41) is 30.3. The first-order chi connectivity index (χ1) is 8.20. The molecule has 0 radical (unpaired) electrons. The van der Waals surface area contributed by atoms with Crippen molar-refractivity contribution in [2.45, 2.75) is 32.4 Å². The first kappa shape index (κ1) is 14.9. The van der Waals surface area contributed by atoms with Crippen molar-refractivity contribution >= 4 is 22.0 Å². The second-order valence-corrected chi connectivity index (χ2v) is 5.86. The lowest BCUT2D eigenvalue weighted by atomic mass is 10.1. The summed E-state index contributed by atoms with van der Waals surface area (Å²) in [6.45, 7) is 5.02. The average Bonchev–Trinajstić information content (AvgIpc) is 2.72. The predicted octanol–water partition coefficient (Wildman–Crippen LogP) is 1.92. The first-order valence-electron chi connectivity index (χ1n) is 5.51. The maximum absolute atomic E-state index is 11.0. The number of aliphatic hydroxyl groups excluding tert-OH is 2. The molecule has 0 saturated carbocycles. The summed E-state index contributed by atoms with van der Waals surface area (Å²) in [7, 11) is 1.70. The van der Waals surface area contributed by atoms with Crippen molar-refractivity contribution in [2.75, 3.05) is 18.6 Å². The summed E-state index contributed by atoms with van der Waals surface area (Å²) >= 11 is 1.17. The van der Waals surface area contributed by atoms with Gasteiger partial charge in [0.2, 0.25) is 0 Å². The minimum atomic E-state index is -0.743. The van der Waals surface area contributed by atoms with Gasteiger partial charge in [-0.2, -0.15) is 0 Å². The average molecular weight is 274 g/mol. The number of hydrogen-bond donors (Lipinski definition) is 2. The third-order valence-electron chi connectivity index (χ3n) is 2.92. The van der Waals surface area contributed by atoms with Gasteiger partial charge in [0.25, 0.3) is 0 Å². The van der Waals surface area contributed by atoms with Gasteiger partial charge < -0.3 is 15.1 Å². The number of hydrogen-bond acceptors (Lipinski definition) is 6. The van der Waals surface area contributed by atoms with Crippen LogP contribution in [0.25, 0.3) is 0 Å². The summed E-state index contributed by atoms with van der Waals surface area (Å²) in [5.41, 5.74) is -0.647. The van der Waals surface area contributed by atoms with Gasteiger partial charge in [0.15, 0.2) is 5.00 Å². The van der Waals surface area contributed by atoms with Crippen LogP contribution in [0.4, 0.5) is 10.7 Å². The van der Waals surface area contributed by atoms with Crippen LogP contribution >= 0.6 is 11.3 Å². The Balaban J connectivity index is 3.26. The molecule has 0 fully saturated rings. The van der Waals surface area contributed by atoms with Crippen molar-refractivity contribution in [3.05, 3.63) is 21.1 Å². The lowest BCUT2D eigenvalue weighted by Crippen LogP contribution is -2.44. The zero-order chi connectivity index (χ0) is 14.1. The van der Waals surface area contributed by atoms with E-state index in [4.69, 9.17) is 0 Å². The fourth-order valence-corrected chi connectivity index (χ4v) is 2.53. The number of nitro groups is 1. The molecule has 6 nitrogen and oxygen atoms in total. The largest absolute Gasteiger partial charge is 0.394 e. The second kappa shape index (κ2) is 5.21. The number of likely N-dealkylation sites (N-methyl/N-ethyl adjacent to an activating group) is 1. The number of anilines is 1. The van der Waals surface area contributed by atoms with E-state index in [2.05, 4.69) is 0 Å². The van der Waals surface area contributed by atoms with Crippen molar-refractivity contribution in [1.29, 1.82) is 0 Å². The summed E-state index contributed by atoms with van der Waals surface area (Å²) in [5.74, 6) is 0. The van der Waals surface area contributed by atoms with Crippen LogP contribution in [0, 0.1) is 10.1 Å². The van der Waals surface area contributed by atoms with Gasteiger partial charge in [0, 0.05) is 18.0 Å². The molecule has 7 heteroatoms. The van der Waals surface area contributed by atoms with Crippen LogP contribution in [0.5, 0.6) is 0 Å². The minimum absolute atomic E-state index is 0.0417. The van der Waals surface area contributed by atoms with E-state index in [0.717, 1.165) is 0 Å². The summed E-state index contributed by atoms with van der Waals surface area (Å²) in [6, 6.07) is 1.38. The number of nitrogens with zero attached hydrogens (tertiary/aromatic N) is 2. The van der Waals surface area contributed by atoms with E-state index >= 15 is 0 Å². The highest BCUT2D eigenvalue weighted by Gasteiger charge is 2.31. The van der Waals surface area contributed by atoms with Crippen LogP contribution < -0.4 is 4.90 Å². The SMILES string of the molecule is C[C@@H](O)c1cc([N+](=O)[O-])c(N(C)C(C)(C)CO)s1. The van der Waals surface area contributed by atoms with Crippen LogP contribution in [0.2, 0.25) is 0 Å². The molecule has 18 heavy (non-hydrogen) atoms. The Kier molecular flexibility index (Phi) is 4.31. The lowest BCUT2D eigenvalue weighted by Gasteiger charge is -2.34. The molecule has 0 aromatic carbocycles. The van der Waals surface area contributed by atoms with E-state index in [9.17, 15) is 20.3 Å². The maximum Gasteiger partial charge on any atom is 0.304 e. The number of rotatable bonds is 5. The second-order valence-electron chi connectivity index (χ2n) is 4.80. The van der Waals surface area contributed by atoms with Gasteiger partial charge >= 0.3 is 5.69 Å². The molecule has 0 aliphatic carbocycles. The van der Waals surface area contributed by atoms with Crippen LogP contribution in [0.1, 0.15) is 31.8 Å². The molecular weight excluding hydrogens is 256 g/mol. The van der Waals surface area contributed by atoms with E-state index in [-0.39, 0.29) is 12.3 Å². The van der Waals surface area contributed by atoms with Crippen molar-refractivity contribution in [2.24, 2.45) is 0 Å². The fourth-order valence-electron chi connectivity index (χ4n) is 1.35. The van der Waals surface area contributed by atoms with Crippen LogP contribution in [0.15, 0.2) is 6.07 Å². The van der Waals surface area contributed by atoms with E-state index in [1.807, 2.05) is 0 Å². The van der Waals surface area contributed by atoms with Crippen molar-refractivity contribution in [3.8, 4) is 0 Å². The Morgan fingerprint density at radius 1 is 1.61 bits per heavy atom. The van der Waals surface area contributed by atoms with E-state index in [1.165, 1.54) is 17.4 Å². The molecule has 0 unspecified atom stereocenters. The van der Waals surface area contributed by atoms with Gasteiger partial charge in [-0.05, 0) is 20.8 Å². The standard InChI is InChI=1S/C11H18N2O4S/c1-7(15)9-5-8(13(16)17)10(18-9)12(4)11(2,3)6-14/h5,7,14-15H,6H2,1-4H3/t7-/m1/s1. The van der Waals surface area contributed by atoms with Gasteiger partial charge in [-0.1, -0.05) is 0 Å². The Bertz CT molecular complexity index is 442. The first-order valence-corrected chi connectivity index (χ1v) is 6.33. The predicted molar refractivity (Wildman–Crippen MR) is 71.2 cm³/mol. The lowest BCUT2D eigenvalue weighted by molar-refractivity contribution is -0.383. The molecule has 1 heterocycles. The highest BCUT2D eigenvalue weighted by molar-refractivity contribution is 7.16. The zero-order valence-corrected chi connectivity index (χ0v) is 11.7. The third kappa shape index (κ3) is 2.80. The highest BCUT2D eigenvalue weighted by Crippen LogP contribution is 2.41. The zero-order valence-electron chi connectivity index (χ0n) is 10.9. The van der Waals surface area contributed by atoms with E-state index in [1.54, 1.807) is 32.7 Å². The molecule has 0 aliphatic rings. The Morgan fingerprint density at radius 2 is 2.17 bits per heavy atom. The van der Waals surface area contributed by atoms with Crippen molar-refractivity contribution in [1.82, 2.24) is 0 Å². The van der Waals surface area contributed by atoms with E-state index in [0.29, 0.717) is 9.88 Å². The Morgan fingerprint density at radius 3 is 2.56 bits per heavy atom. The van der Waals surface area contributed by atoms with E-state index < -0.39 is 16.6 Å². The molecule has 1 aromatic rings. The summed E-state index contributed by atoms with van der Waals surface area (Å²) in [6.07, 6.45) is -0.743. The minimum Gasteiger partial charge on any atom is -0.394 e. The maximum atomic E-state index is 11.0. The molecule has 2 N–H and O–H groups in total. The molecule has 1 rings (SSSR count). The van der Waals surface area contributed by atoms with Gasteiger partial charge in [-0.15, -0.1) is 11.3 Å². The Hall–Kier alpha value is -1.18. The number of thiophene rings is 1. The van der Waals surface area contributed by atoms with Crippen molar-refractivity contribution in [3.63, 3.8) is 0 Å². The molecule has 0 spiro atoms. The normalized spacial score (nSPS) is 13.4. The molecule has 102 valence electrons. The van der Waals surface area contributed by atoms with Crippen molar-refractivity contribution < 1.29 is 15.1 Å². The smallest absolute Gasteiger partial charge is 0.304 e. The quantitative estimate of drug-likeness (QED) is 0.632. The molecule has 1 aromatic heterocycles. The molecular formula is C11H18N2O4S. The highest BCUT2D eigenvalue weighted by atomic mass is 32.1. The Labute approximate surface area is 110 Å². The van der Waals surface area contributed by atoms with Crippen LogP contribution in [-0.4, -0.2) is 34.3 Å². The van der Waals surface area contributed by atoms with Crippen LogP contribution in [-0.2, 0) is 0 Å². The molecule has 0 saturated heterocycles. The van der Waals surface area contributed by atoms with Gasteiger partial charge in [-0.25, -0.2) is 0 Å². The topological polar surface area (TPSA) is 86.8 Å². The summed E-state index contributed by atoms with van der Waals surface area (Å²) < 4.78 is 0. The van der Waals surface area contributed by atoms with Crippen LogP contribution in [0.3, 0.4) is 0 Å². The molecule has 1 atom stereocenters. The molecule has 0 aliphatic heterocycles. The van der Waals surface area contributed by atoms with Gasteiger partial charge in [0.05, 0.1) is 23.2 Å². The molecule has 0 bridgehead atoms. The fraction of sp³-hybridized carbons (Fsp3) is 0.636. The monoisotopic (exact) mass is 274 g/mol. The van der Waals surface area contributed by atoms with Gasteiger partial charge in [0.1, 0.15) is 0 Å².